The fraction of sp³-hybridized carbons (Fsp3) is 1.00. The topological polar surface area (TPSA) is 13.0 Å². The smallest absolute Gasteiger partial charge is 0.178 e. The van der Waals surface area contributed by atoms with E-state index in [1.165, 1.54) is 67.0 Å². The van der Waals surface area contributed by atoms with Gasteiger partial charge in [0, 0.05) is 30.7 Å². The summed E-state index contributed by atoms with van der Waals surface area (Å²) >= 11 is 0. The van der Waals surface area contributed by atoms with Crippen LogP contribution in [0.2, 0.25) is 36.3 Å². The molecule has 0 aliphatic heterocycles. The summed E-state index contributed by atoms with van der Waals surface area (Å²) in [4.78, 5) is 0. The average molecular weight is 579 g/mol. The van der Waals surface area contributed by atoms with Crippen LogP contribution in [0.15, 0.2) is 0 Å². The van der Waals surface area contributed by atoms with Crippen LogP contribution in [0.1, 0.15) is 83.1 Å². The Hall–Kier alpha value is 1.14. The Balaban J connectivity index is 7.24. The van der Waals surface area contributed by atoms with Gasteiger partial charge in [-0.3, -0.25) is 0 Å². The van der Waals surface area contributed by atoms with Crippen molar-refractivity contribution in [2.24, 2.45) is 0 Å². The van der Waals surface area contributed by atoms with Crippen molar-refractivity contribution in [3.8, 4) is 0 Å². The summed E-state index contributed by atoms with van der Waals surface area (Å²) in [5, 5.41) is 0. The molecule has 0 saturated heterocycles. The first-order valence-corrected chi connectivity index (χ1v) is 24.7. The third kappa shape index (κ3) is 10.1. The third-order valence-corrected chi connectivity index (χ3v) is 29.7. The predicted molar refractivity (Wildman–Crippen MR) is 178 cm³/mol. The van der Waals surface area contributed by atoms with Crippen molar-refractivity contribution in [3.63, 3.8) is 0 Å². The SMILES string of the molecule is CC(C)N(C(C)C)[SiH](CC[SiH3])N([SiH](CC[SiH3])N(C(C)C)C(C)C)[SiH](CC[SiH3])N(C(C)C)C(C)C. The largest absolute Gasteiger partial charge is 0.339 e. The molecule has 206 valence electrons. The zero-order valence-electron chi connectivity index (χ0n) is 26.2. The Morgan fingerprint density at radius 1 is 0.412 bits per heavy atom. The van der Waals surface area contributed by atoms with Crippen LogP contribution in [-0.4, -0.2) is 112 Å². The molecule has 0 fully saturated rings. The number of nitrogens with zero attached hydrogens (tertiary/aromatic N) is 4. The van der Waals surface area contributed by atoms with Gasteiger partial charge in [0.15, 0.2) is 27.4 Å². The lowest BCUT2D eigenvalue weighted by atomic mass is 10.3. The van der Waals surface area contributed by atoms with E-state index in [2.05, 4.69) is 101 Å². The summed E-state index contributed by atoms with van der Waals surface area (Å²) in [6, 6.07) is 12.9. The van der Waals surface area contributed by atoms with Crippen molar-refractivity contribution in [1.29, 1.82) is 0 Å². The zero-order valence-corrected chi connectivity index (χ0v) is 35.7. The van der Waals surface area contributed by atoms with Crippen molar-refractivity contribution in [2.75, 3.05) is 0 Å². The molecule has 34 heavy (non-hydrogen) atoms. The van der Waals surface area contributed by atoms with Crippen molar-refractivity contribution in [2.45, 2.75) is 156 Å². The highest BCUT2D eigenvalue weighted by Crippen LogP contribution is 2.28. The summed E-state index contributed by atoms with van der Waals surface area (Å²) < 4.78 is 12.7. The normalized spacial score (nSPS) is 16.4. The molecule has 0 radical (unpaired) electrons. The van der Waals surface area contributed by atoms with Crippen LogP contribution in [0.25, 0.3) is 0 Å². The van der Waals surface area contributed by atoms with E-state index in [9.17, 15) is 0 Å². The van der Waals surface area contributed by atoms with Crippen molar-refractivity contribution in [3.05, 3.63) is 0 Å². The maximum Gasteiger partial charge on any atom is 0.178 e. The molecule has 0 heterocycles. The lowest BCUT2D eigenvalue weighted by Gasteiger charge is -2.56. The Kier molecular flexibility index (Phi) is 18.2. The molecule has 10 heteroatoms. The molecule has 0 spiro atoms. The maximum absolute atomic E-state index is 3.49. The van der Waals surface area contributed by atoms with Gasteiger partial charge in [0.1, 0.15) is 0 Å². The summed E-state index contributed by atoms with van der Waals surface area (Å²) in [6.07, 6.45) is 0. The Morgan fingerprint density at radius 3 is 0.706 bits per heavy atom. The van der Waals surface area contributed by atoms with E-state index in [0.29, 0.717) is 36.3 Å². The van der Waals surface area contributed by atoms with Crippen LogP contribution in [0.4, 0.5) is 0 Å². The molecule has 3 atom stereocenters. The first kappa shape index (κ1) is 35.1. The quantitative estimate of drug-likeness (QED) is 0.229. The molecule has 0 aliphatic rings. The van der Waals surface area contributed by atoms with Gasteiger partial charge in [0.25, 0.3) is 0 Å². The Morgan fingerprint density at radius 2 is 0.588 bits per heavy atom. The van der Waals surface area contributed by atoms with Crippen LogP contribution < -0.4 is 0 Å². The van der Waals surface area contributed by atoms with Gasteiger partial charge in [0.05, 0.1) is 0 Å². The molecule has 4 nitrogen and oxygen atoms in total. The predicted octanol–water partition coefficient (Wildman–Crippen LogP) is 1.66. The van der Waals surface area contributed by atoms with Crippen LogP contribution in [0.3, 0.4) is 0 Å². The summed E-state index contributed by atoms with van der Waals surface area (Å²) in [6.45, 7) is 29.9. The van der Waals surface area contributed by atoms with E-state index < -0.39 is 27.4 Å². The van der Waals surface area contributed by atoms with Gasteiger partial charge in [-0.1, -0.05) is 101 Å². The minimum absolute atomic E-state index is 0.654. The van der Waals surface area contributed by atoms with Gasteiger partial charge in [-0.2, -0.15) is 0 Å². The van der Waals surface area contributed by atoms with Crippen LogP contribution >= 0.6 is 0 Å². The van der Waals surface area contributed by atoms with Crippen LogP contribution in [0, 0.1) is 0 Å². The number of hydrogen-bond acceptors (Lipinski definition) is 4. The fourth-order valence-corrected chi connectivity index (χ4v) is 29.8. The van der Waals surface area contributed by atoms with E-state index in [1.807, 2.05) is 0 Å². The average Bonchev–Trinajstić information content (AvgIpc) is 2.66. The van der Waals surface area contributed by atoms with Crippen molar-refractivity contribution in [1.82, 2.24) is 17.6 Å². The molecular formula is C24H66N4Si6. The monoisotopic (exact) mass is 578 g/mol. The van der Waals surface area contributed by atoms with Gasteiger partial charge < -0.3 is 17.6 Å². The highest BCUT2D eigenvalue weighted by Gasteiger charge is 2.45. The molecule has 0 aliphatic carbocycles. The van der Waals surface area contributed by atoms with Gasteiger partial charge in [-0.05, 0) is 54.4 Å². The Labute approximate surface area is 230 Å². The van der Waals surface area contributed by atoms with E-state index >= 15 is 0 Å². The van der Waals surface area contributed by atoms with Crippen LogP contribution in [-0.2, 0) is 0 Å². The number of rotatable bonds is 18. The second-order valence-electron chi connectivity index (χ2n) is 12.2. The summed E-state index contributed by atoms with van der Waals surface area (Å²) in [5.74, 6) is 0. The Bertz CT molecular complexity index is 426. The minimum Gasteiger partial charge on any atom is -0.339 e. The van der Waals surface area contributed by atoms with Crippen LogP contribution in [0.5, 0.6) is 0 Å². The molecule has 0 amide bonds. The maximum atomic E-state index is 3.49. The standard InChI is InChI=1S/C24H66N4Si6/c1-19(2)25(20(3)4)32(16-13-29)28(33(17-14-30)26(21(5)6)22(7)8)34(18-15-31)27(23(9)10)24(11)12/h19-24,32-34H,13-18H2,1-12,29-31H3. The molecule has 0 aromatic heterocycles. The molecule has 0 aromatic rings. The molecule has 0 saturated carbocycles. The van der Waals surface area contributed by atoms with Gasteiger partial charge >= 0.3 is 0 Å². The molecular weight excluding hydrogens is 513 g/mol. The molecule has 0 N–H and O–H groups in total. The minimum atomic E-state index is -1.26. The lowest BCUT2D eigenvalue weighted by Crippen LogP contribution is -2.75. The van der Waals surface area contributed by atoms with E-state index in [1.54, 1.807) is 0 Å². The molecule has 0 bridgehead atoms. The second-order valence-corrected chi connectivity index (χ2v) is 25.1. The van der Waals surface area contributed by atoms with Gasteiger partial charge in [-0.25, -0.2) is 0 Å². The van der Waals surface area contributed by atoms with E-state index in [0.717, 1.165) is 0 Å². The van der Waals surface area contributed by atoms with Crippen molar-refractivity contribution >= 4 is 58.1 Å². The summed E-state index contributed by atoms with van der Waals surface area (Å²) in [5.41, 5.74) is 0. The van der Waals surface area contributed by atoms with E-state index in [-0.39, 0.29) is 0 Å². The first-order chi connectivity index (χ1) is 15.8. The highest BCUT2D eigenvalue weighted by molar-refractivity contribution is 6.85. The zero-order chi connectivity index (χ0) is 26.7. The van der Waals surface area contributed by atoms with Crippen molar-refractivity contribution < 1.29 is 0 Å². The third-order valence-electron chi connectivity index (χ3n) is 7.28. The first-order valence-electron chi connectivity index (χ1n) is 14.9. The molecule has 3 unspecified atom stereocenters. The highest BCUT2D eigenvalue weighted by atomic mass is 28.4. The lowest BCUT2D eigenvalue weighted by molar-refractivity contribution is 0.257. The van der Waals surface area contributed by atoms with Gasteiger partial charge in [-0.15, -0.1) is 0 Å². The summed E-state index contributed by atoms with van der Waals surface area (Å²) in [7, 11) is 0.245. The second kappa shape index (κ2) is 17.6. The fourth-order valence-electron chi connectivity index (χ4n) is 6.58. The molecule has 0 aromatic carbocycles. The van der Waals surface area contributed by atoms with E-state index in [4.69, 9.17) is 0 Å². The number of hydrogen-bond donors (Lipinski definition) is 0. The van der Waals surface area contributed by atoms with Gasteiger partial charge in [0.2, 0.25) is 0 Å². The molecule has 0 rings (SSSR count).